The predicted molar refractivity (Wildman–Crippen MR) is 92.7 cm³/mol. The van der Waals surface area contributed by atoms with Gasteiger partial charge in [0.2, 0.25) is 0 Å². The first kappa shape index (κ1) is 17.3. The molecule has 1 saturated carbocycles. The van der Waals surface area contributed by atoms with Crippen LogP contribution in [0.3, 0.4) is 0 Å². The molecule has 0 aromatic carbocycles. The van der Waals surface area contributed by atoms with Gasteiger partial charge in [-0.15, -0.1) is 0 Å². The summed E-state index contributed by atoms with van der Waals surface area (Å²) in [6, 6.07) is 1.62. The van der Waals surface area contributed by atoms with Crippen molar-refractivity contribution >= 4 is 0 Å². The van der Waals surface area contributed by atoms with Crippen LogP contribution in [0.4, 0.5) is 0 Å². The Morgan fingerprint density at radius 1 is 1.00 bits per heavy atom. The average Bonchev–Trinajstić information content (AvgIpc) is 2.74. The van der Waals surface area contributed by atoms with Crippen molar-refractivity contribution < 1.29 is 0 Å². The highest BCUT2D eigenvalue weighted by atomic mass is 15.2. The molecule has 3 unspecified atom stereocenters. The van der Waals surface area contributed by atoms with Gasteiger partial charge in [0, 0.05) is 18.6 Å². The molecule has 1 N–H and O–H groups in total. The number of hydrogen-bond acceptors (Lipinski definition) is 2. The van der Waals surface area contributed by atoms with Gasteiger partial charge in [-0.3, -0.25) is 4.90 Å². The van der Waals surface area contributed by atoms with Gasteiger partial charge >= 0.3 is 0 Å². The van der Waals surface area contributed by atoms with Gasteiger partial charge in [0.15, 0.2) is 0 Å². The molecule has 2 nitrogen and oxygen atoms in total. The summed E-state index contributed by atoms with van der Waals surface area (Å²) in [6.45, 7) is 11.0. The molecular weight excluding hydrogens is 256 g/mol. The zero-order valence-electron chi connectivity index (χ0n) is 14.7. The van der Waals surface area contributed by atoms with Gasteiger partial charge in [0.05, 0.1) is 0 Å². The molecule has 2 aliphatic rings. The Balaban J connectivity index is 1.87. The zero-order valence-corrected chi connectivity index (χ0v) is 14.7. The maximum absolute atomic E-state index is 3.75. The molecule has 1 aliphatic carbocycles. The smallest absolute Gasteiger partial charge is 0.0195 e. The van der Waals surface area contributed by atoms with Crippen LogP contribution in [-0.2, 0) is 0 Å². The topological polar surface area (TPSA) is 15.3 Å². The molecule has 1 aliphatic heterocycles. The van der Waals surface area contributed by atoms with E-state index in [1.54, 1.807) is 0 Å². The molecule has 0 bridgehead atoms. The van der Waals surface area contributed by atoms with Gasteiger partial charge in [-0.25, -0.2) is 0 Å². The van der Waals surface area contributed by atoms with E-state index >= 15 is 0 Å². The highest BCUT2D eigenvalue weighted by Crippen LogP contribution is 2.31. The lowest BCUT2D eigenvalue weighted by Crippen LogP contribution is -2.47. The number of rotatable bonds is 6. The minimum Gasteiger partial charge on any atom is -0.313 e. The first-order chi connectivity index (χ1) is 10.2. The molecule has 124 valence electrons. The molecule has 2 rings (SSSR count). The summed E-state index contributed by atoms with van der Waals surface area (Å²) in [5.41, 5.74) is 0. The highest BCUT2D eigenvalue weighted by molar-refractivity contribution is 4.83. The molecular formula is C19H38N2. The van der Waals surface area contributed by atoms with Crippen molar-refractivity contribution in [3.63, 3.8) is 0 Å². The molecule has 1 saturated heterocycles. The Kier molecular flexibility index (Phi) is 7.53. The maximum atomic E-state index is 3.75. The third-order valence-corrected chi connectivity index (χ3v) is 5.82. The molecule has 0 aromatic heterocycles. The average molecular weight is 295 g/mol. The van der Waals surface area contributed by atoms with E-state index in [9.17, 15) is 0 Å². The molecule has 0 radical (unpaired) electrons. The van der Waals surface area contributed by atoms with Gasteiger partial charge in [-0.05, 0) is 63.5 Å². The van der Waals surface area contributed by atoms with Crippen LogP contribution in [0, 0.1) is 11.8 Å². The van der Waals surface area contributed by atoms with Crippen molar-refractivity contribution in [1.29, 1.82) is 0 Å². The predicted octanol–water partition coefficient (Wildman–Crippen LogP) is 4.45. The van der Waals surface area contributed by atoms with Crippen molar-refractivity contribution in [2.24, 2.45) is 11.8 Å². The Morgan fingerprint density at radius 3 is 2.52 bits per heavy atom. The normalized spacial score (nSPS) is 31.6. The van der Waals surface area contributed by atoms with Gasteiger partial charge in [-0.1, -0.05) is 40.0 Å². The fourth-order valence-corrected chi connectivity index (χ4v) is 4.42. The zero-order chi connectivity index (χ0) is 15.1. The Labute approximate surface area is 133 Å². The second-order valence-corrected chi connectivity index (χ2v) is 7.81. The van der Waals surface area contributed by atoms with Crippen molar-refractivity contribution in [1.82, 2.24) is 10.2 Å². The van der Waals surface area contributed by atoms with Crippen LogP contribution < -0.4 is 5.32 Å². The summed E-state index contributed by atoms with van der Waals surface area (Å²) in [6.07, 6.45) is 12.8. The molecule has 0 spiro atoms. The third-order valence-electron chi connectivity index (χ3n) is 5.82. The summed E-state index contributed by atoms with van der Waals surface area (Å²) in [5, 5.41) is 3.75. The van der Waals surface area contributed by atoms with E-state index in [2.05, 4.69) is 31.0 Å². The lowest BCUT2D eigenvalue weighted by atomic mass is 9.89. The van der Waals surface area contributed by atoms with Crippen molar-refractivity contribution in [2.45, 2.75) is 90.6 Å². The quantitative estimate of drug-likeness (QED) is 0.728. The van der Waals surface area contributed by atoms with Crippen molar-refractivity contribution in [2.75, 3.05) is 19.6 Å². The minimum atomic E-state index is 0.759. The standard InChI is InChI=1S/C19H38N2/c1-4-14-21(15-18-9-5-6-13-20-18)19-10-7-8-17(11-12-19)16(2)3/h16-20H,4-15H2,1-3H3. The first-order valence-electron chi connectivity index (χ1n) is 9.68. The summed E-state index contributed by atoms with van der Waals surface area (Å²) in [7, 11) is 0. The summed E-state index contributed by atoms with van der Waals surface area (Å²) < 4.78 is 0. The maximum Gasteiger partial charge on any atom is 0.0195 e. The molecule has 3 atom stereocenters. The molecule has 0 amide bonds. The third kappa shape index (κ3) is 5.56. The Morgan fingerprint density at radius 2 is 1.86 bits per heavy atom. The number of hydrogen-bond donors (Lipinski definition) is 1. The van der Waals surface area contributed by atoms with Crippen molar-refractivity contribution in [3.8, 4) is 0 Å². The molecule has 21 heavy (non-hydrogen) atoms. The molecule has 2 fully saturated rings. The van der Waals surface area contributed by atoms with E-state index in [4.69, 9.17) is 0 Å². The van der Waals surface area contributed by atoms with Gasteiger partial charge in [0.25, 0.3) is 0 Å². The minimum absolute atomic E-state index is 0.759. The number of piperidine rings is 1. The second-order valence-electron chi connectivity index (χ2n) is 7.81. The van der Waals surface area contributed by atoms with Crippen LogP contribution in [0.1, 0.15) is 78.6 Å². The van der Waals surface area contributed by atoms with E-state index in [0.29, 0.717) is 0 Å². The van der Waals surface area contributed by atoms with Crippen LogP contribution in [-0.4, -0.2) is 36.6 Å². The Hall–Kier alpha value is -0.0800. The summed E-state index contributed by atoms with van der Waals surface area (Å²) >= 11 is 0. The monoisotopic (exact) mass is 294 g/mol. The van der Waals surface area contributed by atoms with Crippen molar-refractivity contribution in [3.05, 3.63) is 0 Å². The van der Waals surface area contributed by atoms with E-state index in [-0.39, 0.29) is 0 Å². The molecule has 2 heteroatoms. The van der Waals surface area contributed by atoms with E-state index in [0.717, 1.165) is 23.9 Å². The lowest BCUT2D eigenvalue weighted by Gasteiger charge is -2.36. The van der Waals surface area contributed by atoms with Gasteiger partial charge in [0.1, 0.15) is 0 Å². The largest absolute Gasteiger partial charge is 0.313 e. The summed E-state index contributed by atoms with van der Waals surface area (Å²) in [4.78, 5) is 2.84. The SMILES string of the molecule is CCCN(CC1CCCCN1)C1CCCC(C(C)C)CC1. The second kappa shape index (κ2) is 9.15. The van der Waals surface area contributed by atoms with E-state index in [1.807, 2.05) is 0 Å². The molecule has 0 aromatic rings. The molecule has 1 heterocycles. The lowest BCUT2D eigenvalue weighted by molar-refractivity contribution is 0.150. The fourth-order valence-electron chi connectivity index (χ4n) is 4.42. The number of nitrogens with one attached hydrogen (secondary N) is 1. The first-order valence-corrected chi connectivity index (χ1v) is 9.68. The Bertz CT molecular complexity index is 271. The van der Waals surface area contributed by atoms with Gasteiger partial charge < -0.3 is 5.32 Å². The van der Waals surface area contributed by atoms with Crippen LogP contribution in [0.5, 0.6) is 0 Å². The van der Waals surface area contributed by atoms with Crippen LogP contribution in [0.25, 0.3) is 0 Å². The van der Waals surface area contributed by atoms with Crippen LogP contribution in [0.15, 0.2) is 0 Å². The van der Waals surface area contributed by atoms with E-state index in [1.165, 1.54) is 77.4 Å². The van der Waals surface area contributed by atoms with E-state index < -0.39 is 0 Å². The number of nitrogens with zero attached hydrogens (tertiary/aromatic N) is 1. The van der Waals surface area contributed by atoms with Gasteiger partial charge in [-0.2, -0.15) is 0 Å². The summed E-state index contributed by atoms with van der Waals surface area (Å²) in [5.74, 6) is 1.86. The van der Waals surface area contributed by atoms with Crippen LogP contribution >= 0.6 is 0 Å². The highest BCUT2D eigenvalue weighted by Gasteiger charge is 2.26. The van der Waals surface area contributed by atoms with Crippen LogP contribution in [0.2, 0.25) is 0 Å². The fraction of sp³-hybridized carbons (Fsp3) is 1.00.